The van der Waals surface area contributed by atoms with Crippen molar-refractivity contribution in [2.45, 2.75) is 318 Å². The minimum atomic E-state index is -1.87. The monoisotopic (exact) mass is 1020 g/mol. The summed E-state index contributed by atoms with van der Waals surface area (Å²) in [6, 6.07) is -1.31. The zero-order valence-electron chi connectivity index (χ0n) is 44.6. The summed E-state index contributed by atoms with van der Waals surface area (Å²) >= 11 is 0. The molecule has 0 aromatic heterocycles. The number of unbranched alkanes of at least 4 members (excludes halogenated alkanes) is 28. The number of rotatable bonds is 45. The van der Waals surface area contributed by atoms with E-state index in [2.05, 4.69) is 26.1 Å². The summed E-state index contributed by atoms with van der Waals surface area (Å²) in [6.45, 7) is 4.69. The van der Waals surface area contributed by atoms with Crippen LogP contribution in [0.25, 0.3) is 0 Å². The number of hydrogen-bond acceptors (Lipinski definition) is 15. The van der Waals surface area contributed by atoms with Gasteiger partial charge in [0.05, 0.1) is 32.0 Å². The van der Waals surface area contributed by atoms with Crippen molar-refractivity contribution in [1.82, 2.24) is 5.32 Å². The highest BCUT2D eigenvalue weighted by Crippen LogP contribution is 2.30. The van der Waals surface area contributed by atoms with Gasteiger partial charge in [0.25, 0.3) is 0 Å². The van der Waals surface area contributed by atoms with E-state index in [1.165, 1.54) is 135 Å². The standard InChI is InChI=1S/C55H107NO15/c1-4-5-6-7-8-9-10-11-12-13-14-15-16-17-18-19-20-23-27-30-33-36-43(60)53(67)56-41(46(61)42(59)35-32-29-26-24-21-22-25-28-31-34-40(2)3)39-68-55-52(50(65)48(63)45(38-58)70-55)71-54-51(66)49(64)47(62)44(37-57)69-54/h40-52,54-55,57-66H,4-39H2,1-3H3,(H,56,67)/t41-,42+,43+,44+,45+,46-,47+,48-,49-,50-,51+,52+,54+,55-/m0/s1. The van der Waals surface area contributed by atoms with Gasteiger partial charge in [-0.05, 0) is 18.8 Å². The Morgan fingerprint density at radius 2 is 0.873 bits per heavy atom. The van der Waals surface area contributed by atoms with Gasteiger partial charge in [0, 0.05) is 0 Å². The summed E-state index contributed by atoms with van der Waals surface area (Å²) < 4.78 is 22.9. The third kappa shape index (κ3) is 28.0. The number of nitrogens with one attached hydrogen (secondary N) is 1. The van der Waals surface area contributed by atoms with Crippen molar-refractivity contribution in [1.29, 1.82) is 0 Å². The van der Waals surface area contributed by atoms with Crippen molar-refractivity contribution in [3.63, 3.8) is 0 Å². The molecule has 0 radical (unpaired) electrons. The van der Waals surface area contributed by atoms with E-state index in [1.807, 2.05) is 0 Å². The zero-order chi connectivity index (χ0) is 52.2. The van der Waals surface area contributed by atoms with Crippen LogP contribution in [0.4, 0.5) is 0 Å². The second-order valence-electron chi connectivity index (χ2n) is 21.5. The number of carbonyl (C=O) groups excluding carboxylic acids is 1. The molecule has 71 heavy (non-hydrogen) atoms. The van der Waals surface area contributed by atoms with E-state index in [1.54, 1.807) is 0 Å². The molecule has 2 heterocycles. The van der Waals surface area contributed by atoms with Gasteiger partial charge in [-0.15, -0.1) is 0 Å². The maximum absolute atomic E-state index is 13.4. The van der Waals surface area contributed by atoms with E-state index in [0.29, 0.717) is 12.8 Å². The summed E-state index contributed by atoms with van der Waals surface area (Å²) in [7, 11) is 0. The van der Waals surface area contributed by atoms with Crippen LogP contribution in [0.3, 0.4) is 0 Å². The van der Waals surface area contributed by atoms with Gasteiger partial charge in [-0.25, -0.2) is 0 Å². The molecule has 0 unspecified atom stereocenters. The van der Waals surface area contributed by atoms with Crippen LogP contribution in [-0.4, -0.2) is 163 Å². The Morgan fingerprint density at radius 1 is 0.493 bits per heavy atom. The van der Waals surface area contributed by atoms with Crippen LogP contribution in [0.1, 0.15) is 233 Å². The average molecular weight is 1020 g/mol. The fourth-order valence-corrected chi connectivity index (χ4v) is 9.86. The molecule has 0 spiro atoms. The summed E-state index contributed by atoms with van der Waals surface area (Å²) in [5, 5.41) is 109. The highest BCUT2D eigenvalue weighted by molar-refractivity contribution is 5.80. The largest absolute Gasteiger partial charge is 0.394 e. The topological polar surface area (TPSA) is 268 Å². The van der Waals surface area contributed by atoms with E-state index in [9.17, 15) is 55.9 Å². The van der Waals surface area contributed by atoms with Crippen LogP contribution in [-0.2, 0) is 23.7 Å². The molecule has 2 fully saturated rings. The molecule has 0 aromatic rings. The number of hydrogen-bond donors (Lipinski definition) is 11. The highest BCUT2D eigenvalue weighted by Gasteiger charge is 2.51. The smallest absolute Gasteiger partial charge is 0.249 e. The molecule has 11 N–H and O–H groups in total. The lowest BCUT2D eigenvalue weighted by atomic mass is 9.97. The van der Waals surface area contributed by atoms with Crippen molar-refractivity contribution in [2.75, 3.05) is 19.8 Å². The average Bonchev–Trinajstić information content (AvgIpc) is 3.36. The predicted molar refractivity (Wildman–Crippen MR) is 275 cm³/mol. The maximum Gasteiger partial charge on any atom is 0.249 e. The number of amides is 1. The molecule has 16 heteroatoms. The zero-order valence-corrected chi connectivity index (χ0v) is 44.6. The van der Waals surface area contributed by atoms with Gasteiger partial charge >= 0.3 is 0 Å². The number of aliphatic hydroxyl groups is 10. The Hall–Kier alpha value is -1.09. The molecule has 1 amide bonds. The molecule has 16 nitrogen and oxygen atoms in total. The molecule has 0 saturated carbocycles. The van der Waals surface area contributed by atoms with Gasteiger partial charge in [-0.2, -0.15) is 0 Å². The lowest BCUT2D eigenvalue weighted by molar-refractivity contribution is -0.368. The molecule has 2 saturated heterocycles. The van der Waals surface area contributed by atoms with Crippen molar-refractivity contribution in [3.05, 3.63) is 0 Å². The first-order chi connectivity index (χ1) is 34.3. The van der Waals surface area contributed by atoms with Gasteiger partial charge in [0.1, 0.15) is 61.0 Å². The van der Waals surface area contributed by atoms with Crippen molar-refractivity contribution < 1.29 is 74.8 Å². The molecule has 422 valence electrons. The third-order valence-corrected chi connectivity index (χ3v) is 14.7. The fourth-order valence-electron chi connectivity index (χ4n) is 9.86. The van der Waals surface area contributed by atoms with Crippen LogP contribution in [0.2, 0.25) is 0 Å². The van der Waals surface area contributed by atoms with E-state index >= 15 is 0 Å². The molecule has 2 aliphatic rings. The van der Waals surface area contributed by atoms with Crippen molar-refractivity contribution in [3.8, 4) is 0 Å². The van der Waals surface area contributed by atoms with E-state index < -0.39 is 111 Å². The first-order valence-electron chi connectivity index (χ1n) is 28.8. The van der Waals surface area contributed by atoms with Crippen LogP contribution in [0, 0.1) is 5.92 Å². The van der Waals surface area contributed by atoms with Crippen LogP contribution in [0.5, 0.6) is 0 Å². The normalized spacial score (nSPS) is 26.7. The van der Waals surface area contributed by atoms with Crippen LogP contribution in [0.15, 0.2) is 0 Å². The second-order valence-corrected chi connectivity index (χ2v) is 21.5. The second kappa shape index (κ2) is 41.1. The quantitative estimate of drug-likeness (QED) is 0.0282. The molecule has 2 rings (SSSR count). The van der Waals surface area contributed by atoms with E-state index in [-0.39, 0.29) is 12.8 Å². The van der Waals surface area contributed by atoms with E-state index in [0.717, 1.165) is 57.3 Å². The number of ether oxygens (including phenoxy) is 4. The fraction of sp³-hybridized carbons (Fsp3) is 0.982. The molecule has 0 bridgehead atoms. The first kappa shape index (κ1) is 66.0. The van der Waals surface area contributed by atoms with Gasteiger partial charge in [-0.3, -0.25) is 4.79 Å². The third-order valence-electron chi connectivity index (χ3n) is 14.7. The molecular formula is C55H107NO15. The molecular weight excluding hydrogens is 915 g/mol. The van der Waals surface area contributed by atoms with Gasteiger partial charge < -0.3 is 75.3 Å². The minimum Gasteiger partial charge on any atom is -0.394 e. The Morgan fingerprint density at radius 3 is 1.30 bits per heavy atom. The molecule has 2 aliphatic heterocycles. The minimum absolute atomic E-state index is 0.193. The lowest BCUT2D eigenvalue weighted by Gasteiger charge is -2.46. The van der Waals surface area contributed by atoms with Crippen molar-refractivity contribution in [2.24, 2.45) is 5.92 Å². The summed E-state index contributed by atoms with van der Waals surface area (Å²) in [5.74, 6) is -0.0401. The van der Waals surface area contributed by atoms with Crippen LogP contribution < -0.4 is 5.32 Å². The predicted octanol–water partition coefficient (Wildman–Crippen LogP) is 6.74. The number of aliphatic hydroxyl groups excluding tert-OH is 10. The Balaban J connectivity index is 1.87. The molecule has 14 atom stereocenters. The highest BCUT2D eigenvalue weighted by atomic mass is 16.8. The SMILES string of the molecule is CCCCCCCCCCCCCCCCCCCCCCC[C@@H](O)C(=O)N[C@@H](CO[C@H]1O[C@H](CO)[C@H](O)[C@H](O)[C@H]1O[C@H]1O[C@H](CO)[C@@H](O)[C@H](O)[C@H]1O)[C@H](O)[C@H](O)CCCCCCCCCCCC(C)C. The van der Waals surface area contributed by atoms with Gasteiger partial charge in [0.15, 0.2) is 12.6 Å². The first-order valence-corrected chi connectivity index (χ1v) is 28.8. The summed E-state index contributed by atoms with van der Waals surface area (Å²) in [5.41, 5.74) is 0. The van der Waals surface area contributed by atoms with Gasteiger partial charge in [0.2, 0.25) is 5.91 Å². The summed E-state index contributed by atoms with van der Waals surface area (Å²) in [4.78, 5) is 13.4. The number of carbonyl (C=O) groups is 1. The van der Waals surface area contributed by atoms with E-state index in [4.69, 9.17) is 18.9 Å². The van der Waals surface area contributed by atoms with Gasteiger partial charge in [-0.1, -0.05) is 220 Å². The lowest BCUT2D eigenvalue weighted by Crippen LogP contribution is -2.65. The van der Waals surface area contributed by atoms with Crippen LogP contribution >= 0.6 is 0 Å². The Bertz CT molecular complexity index is 1250. The van der Waals surface area contributed by atoms with Crippen molar-refractivity contribution >= 4 is 5.91 Å². The Kier molecular flexibility index (Phi) is 38.2. The maximum atomic E-state index is 13.4. The molecule has 0 aromatic carbocycles. The summed E-state index contributed by atoms with van der Waals surface area (Å²) in [6.07, 6.45) is 16.6. The molecule has 0 aliphatic carbocycles. The Labute approximate surface area is 429 Å².